The van der Waals surface area contributed by atoms with Crippen molar-refractivity contribution in [2.45, 2.75) is 6.61 Å². The first-order valence-corrected chi connectivity index (χ1v) is 4.07. The van der Waals surface area contributed by atoms with Gasteiger partial charge in [-0.3, -0.25) is 4.79 Å². The van der Waals surface area contributed by atoms with Crippen LogP contribution in [0.4, 0.5) is 0 Å². The largest absolute Gasteiger partial charge is 0.497 e. The lowest BCUT2D eigenvalue weighted by Gasteiger charge is -2.10. The fourth-order valence-corrected chi connectivity index (χ4v) is 1.21. The summed E-state index contributed by atoms with van der Waals surface area (Å²) in [6.07, 6.45) is 0.657. The molecule has 1 aromatic rings. The first-order chi connectivity index (χ1) is 6.76. The second-order valence-electron chi connectivity index (χ2n) is 2.68. The molecule has 0 aliphatic carbocycles. The molecule has 1 aromatic carbocycles. The molecular weight excluding hydrogens is 184 g/mol. The SMILES string of the molecule is COc1cc(CO)c(C=O)c(OC)c1. The van der Waals surface area contributed by atoms with Gasteiger partial charge < -0.3 is 14.6 Å². The number of aldehydes is 1. The number of hydrogen-bond acceptors (Lipinski definition) is 4. The molecule has 0 bridgehead atoms. The van der Waals surface area contributed by atoms with Gasteiger partial charge in [-0.15, -0.1) is 0 Å². The molecule has 0 aromatic heterocycles. The highest BCUT2D eigenvalue weighted by molar-refractivity contribution is 5.82. The second-order valence-corrected chi connectivity index (χ2v) is 2.68. The van der Waals surface area contributed by atoms with Crippen LogP contribution in [0.25, 0.3) is 0 Å². The molecule has 14 heavy (non-hydrogen) atoms. The van der Waals surface area contributed by atoms with E-state index in [1.807, 2.05) is 0 Å². The summed E-state index contributed by atoms with van der Waals surface area (Å²) in [5, 5.41) is 9.02. The van der Waals surface area contributed by atoms with Crippen LogP contribution >= 0.6 is 0 Å². The quantitative estimate of drug-likeness (QED) is 0.730. The van der Waals surface area contributed by atoms with Gasteiger partial charge in [0.2, 0.25) is 0 Å². The fourth-order valence-electron chi connectivity index (χ4n) is 1.21. The predicted octanol–water partition coefficient (Wildman–Crippen LogP) is 1.01. The van der Waals surface area contributed by atoms with Crippen LogP contribution in [-0.2, 0) is 6.61 Å². The molecule has 1 rings (SSSR count). The molecule has 0 aliphatic heterocycles. The summed E-state index contributed by atoms with van der Waals surface area (Å²) in [7, 11) is 2.97. The highest BCUT2D eigenvalue weighted by Gasteiger charge is 2.10. The van der Waals surface area contributed by atoms with E-state index in [0.717, 1.165) is 0 Å². The maximum atomic E-state index is 10.7. The number of aliphatic hydroxyl groups excluding tert-OH is 1. The second kappa shape index (κ2) is 4.62. The van der Waals surface area contributed by atoms with Crippen LogP contribution in [0.5, 0.6) is 11.5 Å². The van der Waals surface area contributed by atoms with Gasteiger partial charge in [-0.1, -0.05) is 0 Å². The third-order valence-electron chi connectivity index (χ3n) is 1.95. The van der Waals surface area contributed by atoms with Crippen LogP contribution in [0.1, 0.15) is 15.9 Å². The lowest BCUT2D eigenvalue weighted by molar-refractivity contribution is 0.111. The van der Waals surface area contributed by atoms with Crippen molar-refractivity contribution in [2.75, 3.05) is 14.2 Å². The minimum absolute atomic E-state index is 0.221. The first kappa shape index (κ1) is 10.5. The molecule has 4 nitrogen and oxygen atoms in total. The van der Waals surface area contributed by atoms with E-state index >= 15 is 0 Å². The Balaban J connectivity index is 3.31. The molecule has 0 spiro atoms. The van der Waals surface area contributed by atoms with Gasteiger partial charge >= 0.3 is 0 Å². The monoisotopic (exact) mass is 196 g/mol. The molecule has 0 heterocycles. The zero-order chi connectivity index (χ0) is 10.6. The van der Waals surface area contributed by atoms with E-state index in [-0.39, 0.29) is 6.61 Å². The molecule has 0 radical (unpaired) electrons. The number of methoxy groups -OCH3 is 2. The van der Waals surface area contributed by atoms with E-state index in [1.54, 1.807) is 12.1 Å². The molecule has 0 saturated heterocycles. The summed E-state index contributed by atoms with van der Waals surface area (Å²) in [5.74, 6) is 0.958. The Kier molecular flexibility index (Phi) is 3.48. The number of benzene rings is 1. The summed E-state index contributed by atoms with van der Waals surface area (Å²) in [6.45, 7) is -0.221. The molecule has 0 atom stereocenters. The molecule has 1 N–H and O–H groups in total. The number of ether oxygens (including phenoxy) is 2. The Morgan fingerprint density at radius 1 is 1.36 bits per heavy atom. The zero-order valence-electron chi connectivity index (χ0n) is 8.11. The molecule has 0 fully saturated rings. The summed E-state index contributed by atoms with van der Waals surface area (Å²) < 4.78 is 9.99. The smallest absolute Gasteiger partial charge is 0.154 e. The minimum Gasteiger partial charge on any atom is -0.497 e. The van der Waals surface area contributed by atoms with Crippen molar-refractivity contribution in [3.63, 3.8) is 0 Å². The van der Waals surface area contributed by atoms with Gasteiger partial charge in [-0.2, -0.15) is 0 Å². The van der Waals surface area contributed by atoms with Gasteiger partial charge in [0.25, 0.3) is 0 Å². The van der Waals surface area contributed by atoms with Crippen LogP contribution < -0.4 is 9.47 Å². The van der Waals surface area contributed by atoms with E-state index < -0.39 is 0 Å². The van der Waals surface area contributed by atoms with Crippen LogP contribution in [-0.4, -0.2) is 25.6 Å². The summed E-state index contributed by atoms with van der Waals surface area (Å²) in [4.78, 5) is 10.7. The molecule has 4 heteroatoms. The molecular formula is C10H12O4. The van der Waals surface area contributed by atoms with Crippen molar-refractivity contribution in [3.05, 3.63) is 23.3 Å². The van der Waals surface area contributed by atoms with Crippen LogP contribution in [0.15, 0.2) is 12.1 Å². The number of carbonyl (C=O) groups excluding carboxylic acids is 1. The van der Waals surface area contributed by atoms with Gasteiger partial charge in [0.15, 0.2) is 6.29 Å². The van der Waals surface area contributed by atoms with Crippen LogP contribution in [0.3, 0.4) is 0 Å². The highest BCUT2D eigenvalue weighted by Crippen LogP contribution is 2.27. The minimum atomic E-state index is -0.221. The lowest BCUT2D eigenvalue weighted by atomic mass is 10.1. The Hall–Kier alpha value is -1.55. The zero-order valence-corrected chi connectivity index (χ0v) is 8.11. The van der Waals surface area contributed by atoms with E-state index in [2.05, 4.69) is 0 Å². The standard InChI is InChI=1S/C10H12O4/c1-13-8-3-7(5-11)9(6-12)10(4-8)14-2/h3-4,6,11H,5H2,1-2H3. The maximum absolute atomic E-state index is 10.7. The number of carbonyl (C=O) groups is 1. The van der Waals surface area contributed by atoms with E-state index in [9.17, 15) is 4.79 Å². The summed E-state index contributed by atoms with van der Waals surface area (Å²) in [5.41, 5.74) is 0.854. The van der Waals surface area contributed by atoms with Gasteiger partial charge in [-0.25, -0.2) is 0 Å². The average Bonchev–Trinajstić information content (AvgIpc) is 2.26. The van der Waals surface area contributed by atoms with E-state index in [0.29, 0.717) is 28.9 Å². The van der Waals surface area contributed by atoms with Crippen LogP contribution in [0.2, 0.25) is 0 Å². The summed E-state index contributed by atoms with van der Waals surface area (Å²) >= 11 is 0. The van der Waals surface area contributed by atoms with E-state index in [4.69, 9.17) is 14.6 Å². The summed E-state index contributed by atoms with van der Waals surface area (Å²) in [6, 6.07) is 3.20. The molecule has 0 unspecified atom stereocenters. The van der Waals surface area contributed by atoms with Gasteiger partial charge in [-0.05, 0) is 11.6 Å². The first-order valence-electron chi connectivity index (χ1n) is 4.07. The molecule has 0 amide bonds. The van der Waals surface area contributed by atoms with Gasteiger partial charge in [0.1, 0.15) is 11.5 Å². The Morgan fingerprint density at radius 3 is 2.50 bits per heavy atom. The maximum Gasteiger partial charge on any atom is 0.154 e. The third kappa shape index (κ3) is 1.85. The number of hydrogen-bond donors (Lipinski definition) is 1. The highest BCUT2D eigenvalue weighted by atomic mass is 16.5. The van der Waals surface area contributed by atoms with Crippen molar-refractivity contribution < 1.29 is 19.4 Å². The molecule has 76 valence electrons. The van der Waals surface area contributed by atoms with Crippen molar-refractivity contribution in [1.29, 1.82) is 0 Å². The Labute approximate surface area is 82.1 Å². The molecule has 0 saturated carbocycles. The predicted molar refractivity (Wildman–Crippen MR) is 50.9 cm³/mol. The fraction of sp³-hybridized carbons (Fsp3) is 0.300. The van der Waals surface area contributed by atoms with Crippen LogP contribution in [0, 0.1) is 0 Å². The van der Waals surface area contributed by atoms with Crippen molar-refractivity contribution in [3.8, 4) is 11.5 Å². The Bertz CT molecular complexity index is 308. The molecule has 0 aliphatic rings. The topological polar surface area (TPSA) is 55.8 Å². The van der Waals surface area contributed by atoms with Crippen molar-refractivity contribution in [2.24, 2.45) is 0 Å². The number of aliphatic hydroxyl groups is 1. The van der Waals surface area contributed by atoms with Crippen molar-refractivity contribution >= 4 is 6.29 Å². The third-order valence-corrected chi connectivity index (χ3v) is 1.95. The van der Waals surface area contributed by atoms with Gasteiger partial charge in [0.05, 0.1) is 26.4 Å². The lowest BCUT2D eigenvalue weighted by Crippen LogP contribution is -1.98. The van der Waals surface area contributed by atoms with Crippen molar-refractivity contribution in [1.82, 2.24) is 0 Å². The number of rotatable bonds is 4. The Morgan fingerprint density at radius 2 is 2.07 bits per heavy atom. The van der Waals surface area contributed by atoms with Gasteiger partial charge in [0, 0.05) is 6.07 Å². The normalized spacial score (nSPS) is 9.64. The average molecular weight is 196 g/mol. The van der Waals surface area contributed by atoms with E-state index in [1.165, 1.54) is 14.2 Å².